The lowest BCUT2D eigenvalue weighted by Gasteiger charge is -2.17. The van der Waals surface area contributed by atoms with Crippen molar-refractivity contribution in [2.75, 3.05) is 26.8 Å². The van der Waals surface area contributed by atoms with Crippen LogP contribution >= 0.6 is 0 Å². The van der Waals surface area contributed by atoms with E-state index in [-0.39, 0.29) is 24.2 Å². The SMILES string of the molecule is COc1ccc(OCCNC(=O)C2CC(=O)N(Cc3ccc(C)cc3)C2)cc1. The molecule has 2 amide bonds. The third kappa shape index (κ3) is 5.25. The van der Waals surface area contributed by atoms with E-state index in [2.05, 4.69) is 5.32 Å². The van der Waals surface area contributed by atoms with E-state index in [1.807, 2.05) is 55.5 Å². The minimum absolute atomic E-state index is 0.0233. The lowest BCUT2D eigenvalue weighted by Crippen LogP contribution is -2.35. The molecule has 6 nitrogen and oxygen atoms in total. The molecule has 1 aliphatic heterocycles. The van der Waals surface area contributed by atoms with Gasteiger partial charge in [-0.3, -0.25) is 9.59 Å². The lowest BCUT2D eigenvalue weighted by molar-refractivity contribution is -0.129. The Morgan fingerprint density at radius 1 is 1.11 bits per heavy atom. The van der Waals surface area contributed by atoms with Crippen LogP contribution in [0, 0.1) is 12.8 Å². The van der Waals surface area contributed by atoms with Crippen molar-refractivity contribution in [2.24, 2.45) is 5.92 Å². The minimum Gasteiger partial charge on any atom is -0.497 e. The van der Waals surface area contributed by atoms with Gasteiger partial charge in [-0.15, -0.1) is 0 Å². The molecular weight excluding hydrogens is 356 g/mol. The first-order chi connectivity index (χ1) is 13.5. The number of likely N-dealkylation sites (tertiary alicyclic amines) is 1. The summed E-state index contributed by atoms with van der Waals surface area (Å²) >= 11 is 0. The number of hydrogen-bond acceptors (Lipinski definition) is 4. The van der Waals surface area contributed by atoms with Gasteiger partial charge in [-0.25, -0.2) is 0 Å². The van der Waals surface area contributed by atoms with Gasteiger partial charge in [0.15, 0.2) is 0 Å². The highest BCUT2D eigenvalue weighted by atomic mass is 16.5. The maximum absolute atomic E-state index is 12.4. The highest BCUT2D eigenvalue weighted by Gasteiger charge is 2.33. The van der Waals surface area contributed by atoms with Gasteiger partial charge in [-0.1, -0.05) is 29.8 Å². The summed E-state index contributed by atoms with van der Waals surface area (Å²) in [4.78, 5) is 26.4. The molecule has 2 aromatic carbocycles. The van der Waals surface area contributed by atoms with Crippen LogP contribution in [0.5, 0.6) is 11.5 Å². The summed E-state index contributed by atoms with van der Waals surface area (Å²) in [5.41, 5.74) is 2.26. The third-order valence-electron chi connectivity index (χ3n) is 4.81. The predicted octanol–water partition coefficient (Wildman–Crippen LogP) is 2.55. The smallest absolute Gasteiger partial charge is 0.225 e. The second-order valence-electron chi connectivity index (χ2n) is 6.98. The number of carbonyl (C=O) groups is 2. The average molecular weight is 382 g/mol. The molecule has 1 N–H and O–H groups in total. The van der Waals surface area contributed by atoms with Gasteiger partial charge in [0, 0.05) is 19.5 Å². The van der Waals surface area contributed by atoms with Crippen LogP contribution in [0.2, 0.25) is 0 Å². The quantitative estimate of drug-likeness (QED) is 0.713. The topological polar surface area (TPSA) is 67.9 Å². The molecule has 0 spiro atoms. The Hall–Kier alpha value is -3.02. The van der Waals surface area contributed by atoms with Crippen molar-refractivity contribution in [1.29, 1.82) is 0 Å². The number of nitrogens with one attached hydrogen (secondary N) is 1. The van der Waals surface area contributed by atoms with Crippen molar-refractivity contribution < 1.29 is 19.1 Å². The number of ether oxygens (including phenoxy) is 2. The van der Waals surface area contributed by atoms with Crippen LogP contribution in [0.15, 0.2) is 48.5 Å². The van der Waals surface area contributed by atoms with Crippen LogP contribution in [0.25, 0.3) is 0 Å². The summed E-state index contributed by atoms with van der Waals surface area (Å²) in [7, 11) is 1.61. The van der Waals surface area contributed by atoms with E-state index in [1.54, 1.807) is 12.0 Å². The Balaban J connectivity index is 1.40. The van der Waals surface area contributed by atoms with Crippen LogP contribution in [-0.4, -0.2) is 43.5 Å². The molecule has 1 aliphatic rings. The number of rotatable bonds is 8. The fourth-order valence-electron chi connectivity index (χ4n) is 3.17. The second kappa shape index (κ2) is 9.26. The molecule has 28 heavy (non-hydrogen) atoms. The summed E-state index contributed by atoms with van der Waals surface area (Å²) in [5, 5.41) is 2.86. The van der Waals surface area contributed by atoms with E-state index in [0.717, 1.165) is 17.1 Å². The summed E-state index contributed by atoms with van der Waals surface area (Å²) < 4.78 is 10.7. The molecule has 3 rings (SSSR count). The van der Waals surface area contributed by atoms with Crippen molar-refractivity contribution in [3.8, 4) is 11.5 Å². The number of amides is 2. The fourth-order valence-corrected chi connectivity index (χ4v) is 3.17. The fraction of sp³-hybridized carbons (Fsp3) is 0.364. The average Bonchev–Trinajstić information content (AvgIpc) is 3.08. The normalized spacial score (nSPS) is 16.1. The summed E-state index contributed by atoms with van der Waals surface area (Å²) in [6, 6.07) is 15.4. The van der Waals surface area contributed by atoms with E-state index >= 15 is 0 Å². The Kier molecular flexibility index (Phi) is 6.53. The number of aryl methyl sites for hydroxylation is 1. The third-order valence-corrected chi connectivity index (χ3v) is 4.81. The van der Waals surface area contributed by atoms with Crippen molar-refractivity contribution in [3.05, 3.63) is 59.7 Å². The molecule has 1 fully saturated rings. The maximum Gasteiger partial charge on any atom is 0.225 e. The van der Waals surface area contributed by atoms with E-state index < -0.39 is 0 Å². The predicted molar refractivity (Wildman–Crippen MR) is 106 cm³/mol. The van der Waals surface area contributed by atoms with Gasteiger partial charge in [0.05, 0.1) is 19.6 Å². The molecule has 2 aromatic rings. The Morgan fingerprint density at radius 2 is 1.79 bits per heavy atom. The second-order valence-corrected chi connectivity index (χ2v) is 6.98. The zero-order valence-electron chi connectivity index (χ0n) is 16.3. The zero-order chi connectivity index (χ0) is 19.9. The van der Waals surface area contributed by atoms with Crippen LogP contribution in [0.4, 0.5) is 0 Å². The van der Waals surface area contributed by atoms with Crippen LogP contribution < -0.4 is 14.8 Å². The maximum atomic E-state index is 12.4. The van der Waals surface area contributed by atoms with Crippen molar-refractivity contribution in [3.63, 3.8) is 0 Å². The monoisotopic (exact) mass is 382 g/mol. The first-order valence-electron chi connectivity index (χ1n) is 9.43. The van der Waals surface area contributed by atoms with Gasteiger partial charge in [0.2, 0.25) is 11.8 Å². The van der Waals surface area contributed by atoms with Crippen molar-refractivity contribution >= 4 is 11.8 Å². The highest BCUT2D eigenvalue weighted by Crippen LogP contribution is 2.21. The number of nitrogens with zero attached hydrogens (tertiary/aromatic N) is 1. The highest BCUT2D eigenvalue weighted by molar-refractivity contribution is 5.89. The summed E-state index contributed by atoms with van der Waals surface area (Å²) in [6.07, 6.45) is 0.261. The molecule has 1 heterocycles. The van der Waals surface area contributed by atoms with Gasteiger partial charge in [-0.2, -0.15) is 0 Å². The van der Waals surface area contributed by atoms with E-state index in [4.69, 9.17) is 9.47 Å². The summed E-state index contributed by atoms with van der Waals surface area (Å²) in [5.74, 6) is 1.10. The minimum atomic E-state index is -0.307. The molecule has 0 saturated carbocycles. The van der Waals surface area contributed by atoms with Gasteiger partial charge < -0.3 is 19.7 Å². The van der Waals surface area contributed by atoms with Crippen LogP contribution in [-0.2, 0) is 16.1 Å². The molecule has 1 unspecified atom stereocenters. The summed E-state index contributed by atoms with van der Waals surface area (Å²) in [6.45, 7) is 3.80. The number of carbonyl (C=O) groups excluding carboxylic acids is 2. The molecular formula is C22H26N2O4. The van der Waals surface area contributed by atoms with E-state index in [0.29, 0.717) is 26.2 Å². The molecule has 0 aromatic heterocycles. The van der Waals surface area contributed by atoms with E-state index in [1.165, 1.54) is 5.56 Å². The molecule has 0 bridgehead atoms. The van der Waals surface area contributed by atoms with Crippen LogP contribution in [0.1, 0.15) is 17.5 Å². The van der Waals surface area contributed by atoms with Gasteiger partial charge in [0.1, 0.15) is 18.1 Å². The van der Waals surface area contributed by atoms with Crippen molar-refractivity contribution in [2.45, 2.75) is 19.9 Å². The molecule has 6 heteroatoms. The Labute approximate surface area is 165 Å². The Bertz CT molecular complexity index is 802. The lowest BCUT2D eigenvalue weighted by atomic mass is 10.1. The molecule has 1 saturated heterocycles. The number of hydrogen-bond donors (Lipinski definition) is 1. The van der Waals surface area contributed by atoms with Gasteiger partial charge in [0.25, 0.3) is 0 Å². The first kappa shape index (κ1) is 19.7. The Morgan fingerprint density at radius 3 is 2.46 bits per heavy atom. The molecule has 148 valence electrons. The molecule has 0 aliphatic carbocycles. The van der Waals surface area contributed by atoms with Crippen LogP contribution in [0.3, 0.4) is 0 Å². The zero-order valence-corrected chi connectivity index (χ0v) is 16.3. The van der Waals surface area contributed by atoms with Gasteiger partial charge >= 0.3 is 0 Å². The largest absolute Gasteiger partial charge is 0.497 e. The molecule has 1 atom stereocenters. The number of benzene rings is 2. The van der Waals surface area contributed by atoms with E-state index in [9.17, 15) is 9.59 Å². The number of methoxy groups -OCH3 is 1. The first-order valence-corrected chi connectivity index (χ1v) is 9.43. The van der Waals surface area contributed by atoms with Crippen molar-refractivity contribution in [1.82, 2.24) is 10.2 Å². The van der Waals surface area contributed by atoms with Gasteiger partial charge in [-0.05, 0) is 36.8 Å². The molecule has 0 radical (unpaired) electrons. The standard InChI is InChI=1S/C22H26N2O4/c1-16-3-5-17(6-4-16)14-24-15-18(13-21(24)25)22(26)23-11-12-28-20-9-7-19(27-2)8-10-20/h3-10,18H,11-15H2,1-2H3,(H,23,26).